The number of methoxy groups -OCH3 is 1. The van der Waals surface area contributed by atoms with Gasteiger partial charge in [0, 0.05) is 12.0 Å². The van der Waals surface area contributed by atoms with Gasteiger partial charge in [-0.3, -0.25) is 0 Å². The molecule has 4 nitrogen and oxygen atoms in total. The fraction of sp³-hybridized carbons (Fsp3) is 0.357. The molecule has 1 heterocycles. The molecule has 0 spiro atoms. The molecule has 94 valence electrons. The lowest BCUT2D eigenvalue weighted by atomic mass is 10.0. The Bertz CT molecular complexity index is 487. The number of benzene rings is 1. The van der Waals surface area contributed by atoms with Gasteiger partial charge < -0.3 is 14.6 Å². The number of esters is 1. The third kappa shape index (κ3) is 2.89. The molecule has 0 radical (unpaired) electrons. The summed E-state index contributed by atoms with van der Waals surface area (Å²) >= 11 is 0. The smallest absolute Gasteiger partial charge is 0.337 e. The van der Waals surface area contributed by atoms with Gasteiger partial charge in [0.05, 0.1) is 25.9 Å². The Kier molecular flexibility index (Phi) is 3.66. The van der Waals surface area contributed by atoms with Crippen LogP contribution in [0.15, 0.2) is 24.3 Å². The van der Waals surface area contributed by atoms with Gasteiger partial charge in [-0.2, -0.15) is 0 Å². The van der Waals surface area contributed by atoms with Crippen molar-refractivity contribution in [3.8, 4) is 11.8 Å². The van der Waals surface area contributed by atoms with Crippen molar-refractivity contribution >= 4 is 5.97 Å². The first kappa shape index (κ1) is 12.6. The van der Waals surface area contributed by atoms with Crippen LogP contribution in [0.5, 0.6) is 0 Å². The maximum Gasteiger partial charge on any atom is 0.337 e. The number of carbonyl (C=O) groups excluding carboxylic acids is 1. The Morgan fingerprint density at radius 2 is 2.17 bits per heavy atom. The topological polar surface area (TPSA) is 55.8 Å². The number of carbonyl (C=O) groups is 1. The van der Waals surface area contributed by atoms with Crippen LogP contribution in [0, 0.1) is 11.8 Å². The van der Waals surface area contributed by atoms with E-state index in [1.54, 1.807) is 24.3 Å². The molecule has 18 heavy (non-hydrogen) atoms. The lowest BCUT2D eigenvalue weighted by Gasteiger charge is -2.10. The van der Waals surface area contributed by atoms with E-state index in [1.165, 1.54) is 7.11 Å². The third-order valence-corrected chi connectivity index (χ3v) is 2.75. The van der Waals surface area contributed by atoms with Gasteiger partial charge in [-0.25, -0.2) is 4.79 Å². The van der Waals surface area contributed by atoms with Crippen molar-refractivity contribution in [3.05, 3.63) is 35.4 Å². The van der Waals surface area contributed by atoms with Crippen LogP contribution in [0.4, 0.5) is 0 Å². The molecule has 1 unspecified atom stereocenters. The molecule has 1 aliphatic rings. The van der Waals surface area contributed by atoms with Crippen molar-refractivity contribution < 1.29 is 19.4 Å². The van der Waals surface area contributed by atoms with E-state index in [0.29, 0.717) is 18.6 Å². The standard InChI is InChI=1S/C14H14O4/c1-17-13(15)12-4-2-11(3-5-12)6-7-14(16)8-9-18-10-14/h2-5,16H,8-10H2,1H3. The average molecular weight is 246 g/mol. The zero-order valence-electron chi connectivity index (χ0n) is 10.1. The lowest BCUT2D eigenvalue weighted by Crippen LogP contribution is -2.26. The SMILES string of the molecule is COC(=O)c1ccc(C#CC2(O)CCOC2)cc1. The average Bonchev–Trinajstić information content (AvgIpc) is 2.83. The van der Waals surface area contributed by atoms with Crippen LogP contribution < -0.4 is 0 Å². The number of hydrogen-bond acceptors (Lipinski definition) is 4. The van der Waals surface area contributed by atoms with Gasteiger partial charge in [0.2, 0.25) is 0 Å². The number of hydrogen-bond donors (Lipinski definition) is 1. The van der Waals surface area contributed by atoms with E-state index >= 15 is 0 Å². The van der Waals surface area contributed by atoms with E-state index in [2.05, 4.69) is 16.6 Å². The molecule has 0 bridgehead atoms. The molecule has 0 amide bonds. The first-order valence-electron chi connectivity index (χ1n) is 5.65. The van der Waals surface area contributed by atoms with E-state index in [0.717, 1.165) is 5.56 Å². The van der Waals surface area contributed by atoms with Crippen molar-refractivity contribution in [3.63, 3.8) is 0 Å². The molecule has 0 aliphatic carbocycles. The Morgan fingerprint density at radius 1 is 1.44 bits per heavy atom. The highest BCUT2D eigenvalue weighted by atomic mass is 16.5. The number of aliphatic hydroxyl groups is 1. The fourth-order valence-corrected chi connectivity index (χ4v) is 1.65. The minimum absolute atomic E-state index is 0.250. The van der Waals surface area contributed by atoms with E-state index in [9.17, 15) is 9.90 Å². The molecule has 1 aromatic rings. The van der Waals surface area contributed by atoms with Gasteiger partial charge in [-0.15, -0.1) is 0 Å². The highest BCUT2D eigenvalue weighted by Gasteiger charge is 2.29. The summed E-state index contributed by atoms with van der Waals surface area (Å²) in [5.74, 6) is 5.30. The van der Waals surface area contributed by atoms with E-state index in [4.69, 9.17) is 4.74 Å². The molecule has 1 aliphatic heterocycles. The Labute approximate surface area is 106 Å². The second-order valence-corrected chi connectivity index (χ2v) is 4.15. The summed E-state index contributed by atoms with van der Waals surface area (Å²) in [7, 11) is 1.34. The highest BCUT2D eigenvalue weighted by molar-refractivity contribution is 5.89. The van der Waals surface area contributed by atoms with Crippen molar-refractivity contribution in [2.45, 2.75) is 12.0 Å². The monoisotopic (exact) mass is 246 g/mol. The number of rotatable bonds is 1. The summed E-state index contributed by atoms with van der Waals surface area (Å²) in [6.07, 6.45) is 0.528. The summed E-state index contributed by atoms with van der Waals surface area (Å²) in [5, 5.41) is 9.96. The largest absolute Gasteiger partial charge is 0.465 e. The molecule has 0 saturated carbocycles. The minimum atomic E-state index is -1.04. The summed E-state index contributed by atoms with van der Waals surface area (Å²) in [6.45, 7) is 0.784. The molecule has 1 saturated heterocycles. The summed E-state index contributed by atoms with van der Waals surface area (Å²) < 4.78 is 9.70. The van der Waals surface area contributed by atoms with Crippen LogP contribution in [0.3, 0.4) is 0 Å². The molecule has 4 heteroatoms. The number of ether oxygens (including phenoxy) is 2. The summed E-state index contributed by atoms with van der Waals surface area (Å²) in [6, 6.07) is 6.73. The van der Waals surface area contributed by atoms with Crippen LogP contribution in [-0.2, 0) is 9.47 Å². The quantitative estimate of drug-likeness (QED) is 0.592. The zero-order chi connectivity index (χ0) is 13.0. The predicted octanol–water partition coefficient (Wildman–Crippen LogP) is 0.976. The van der Waals surface area contributed by atoms with Gasteiger partial charge in [0.1, 0.15) is 0 Å². The minimum Gasteiger partial charge on any atom is -0.465 e. The van der Waals surface area contributed by atoms with Crippen molar-refractivity contribution in [1.82, 2.24) is 0 Å². The predicted molar refractivity (Wildman–Crippen MR) is 65.0 cm³/mol. The molecule has 1 aromatic carbocycles. The van der Waals surface area contributed by atoms with Crippen LogP contribution in [-0.4, -0.2) is 37.0 Å². The molecule has 0 aromatic heterocycles. The van der Waals surface area contributed by atoms with Crippen molar-refractivity contribution in [1.29, 1.82) is 0 Å². The normalized spacial score (nSPS) is 22.1. The third-order valence-electron chi connectivity index (χ3n) is 2.75. The maximum atomic E-state index is 11.2. The fourth-order valence-electron chi connectivity index (χ4n) is 1.65. The highest BCUT2D eigenvalue weighted by Crippen LogP contribution is 2.17. The van der Waals surface area contributed by atoms with Crippen molar-refractivity contribution in [2.24, 2.45) is 0 Å². The van der Waals surface area contributed by atoms with Crippen molar-refractivity contribution in [2.75, 3.05) is 20.3 Å². The van der Waals surface area contributed by atoms with Crippen LogP contribution in [0.2, 0.25) is 0 Å². The van der Waals surface area contributed by atoms with Gasteiger partial charge in [-0.1, -0.05) is 11.8 Å². The van der Waals surface area contributed by atoms with Gasteiger partial charge in [0.15, 0.2) is 5.60 Å². The zero-order valence-corrected chi connectivity index (χ0v) is 10.1. The van der Waals surface area contributed by atoms with Gasteiger partial charge in [0.25, 0.3) is 0 Å². The summed E-state index contributed by atoms with van der Waals surface area (Å²) in [5.41, 5.74) is 0.176. The molecular weight excluding hydrogens is 232 g/mol. The van der Waals surface area contributed by atoms with E-state index < -0.39 is 5.60 Å². The van der Waals surface area contributed by atoms with Crippen LogP contribution >= 0.6 is 0 Å². The first-order chi connectivity index (χ1) is 8.63. The molecule has 1 atom stereocenters. The Hall–Kier alpha value is -1.83. The summed E-state index contributed by atoms with van der Waals surface area (Å²) in [4.78, 5) is 11.2. The Morgan fingerprint density at radius 3 is 2.72 bits per heavy atom. The lowest BCUT2D eigenvalue weighted by molar-refractivity contribution is 0.0600. The molecule has 1 fully saturated rings. The Balaban J connectivity index is 2.11. The molecule has 1 N–H and O–H groups in total. The second kappa shape index (κ2) is 5.21. The van der Waals surface area contributed by atoms with Crippen LogP contribution in [0.1, 0.15) is 22.3 Å². The second-order valence-electron chi connectivity index (χ2n) is 4.15. The molecular formula is C14H14O4. The molecule has 2 rings (SSSR count). The van der Waals surface area contributed by atoms with Gasteiger partial charge >= 0.3 is 5.97 Å². The first-order valence-corrected chi connectivity index (χ1v) is 5.65. The van der Waals surface area contributed by atoms with Gasteiger partial charge in [-0.05, 0) is 24.3 Å². The maximum absolute atomic E-state index is 11.2. The van der Waals surface area contributed by atoms with Crippen LogP contribution in [0.25, 0.3) is 0 Å². The van der Waals surface area contributed by atoms with E-state index in [1.807, 2.05) is 0 Å². The van der Waals surface area contributed by atoms with E-state index in [-0.39, 0.29) is 12.6 Å².